The average Bonchev–Trinajstić information content (AvgIpc) is 2.44. The first-order valence-electron chi connectivity index (χ1n) is 6.19. The van der Waals surface area contributed by atoms with E-state index in [0.29, 0.717) is 31.8 Å². The molecule has 0 saturated heterocycles. The summed E-state index contributed by atoms with van der Waals surface area (Å²) >= 11 is 15.6. The first-order valence-corrected chi connectivity index (χ1v) is 7.73. The first kappa shape index (κ1) is 16.4. The number of methoxy groups -OCH3 is 1. The van der Waals surface area contributed by atoms with Gasteiger partial charge in [0.1, 0.15) is 17.2 Å². The topological polar surface area (TPSA) is 44.5 Å². The molecule has 0 heterocycles. The van der Waals surface area contributed by atoms with Gasteiger partial charge in [-0.15, -0.1) is 0 Å². The van der Waals surface area contributed by atoms with Gasteiger partial charge in [0.05, 0.1) is 22.7 Å². The molecule has 0 aliphatic carbocycles. The van der Waals surface area contributed by atoms with Gasteiger partial charge in [0, 0.05) is 16.6 Å². The zero-order valence-corrected chi connectivity index (χ0v) is 14.6. The summed E-state index contributed by atoms with van der Waals surface area (Å²) in [6.45, 7) is 1.86. The van der Waals surface area contributed by atoms with Crippen LogP contribution in [0.3, 0.4) is 0 Å². The predicted octanol–water partition coefficient (Wildman–Crippen LogP) is 5.58. The van der Waals surface area contributed by atoms with Crippen LogP contribution < -0.4 is 15.2 Å². The molecule has 2 aromatic rings. The minimum Gasteiger partial charge on any atom is -0.496 e. The Hall–Kier alpha value is -0.940. The van der Waals surface area contributed by atoms with Crippen LogP contribution in [-0.2, 0) is 0 Å². The van der Waals surface area contributed by atoms with Gasteiger partial charge in [0.2, 0.25) is 0 Å². The minimum absolute atomic E-state index is 0.249. The van der Waals surface area contributed by atoms with Crippen molar-refractivity contribution in [1.29, 1.82) is 0 Å². The Balaban J connectivity index is 2.47. The quantitative estimate of drug-likeness (QED) is 0.693. The molecular formula is C15H14BrCl2NO2. The lowest BCUT2D eigenvalue weighted by atomic mass is 10.1. The van der Waals surface area contributed by atoms with Crippen molar-refractivity contribution >= 4 is 39.1 Å². The van der Waals surface area contributed by atoms with Crippen molar-refractivity contribution in [3.8, 4) is 17.2 Å². The van der Waals surface area contributed by atoms with E-state index in [-0.39, 0.29) is 6.04 Å². The second kappa shape index (κ2) is 6.88. The normalized spacial score (nSPS) is 12.1. The summed E-state index contributed by atoms with van der Waals surface area (Å²) in [6.07, 6.45) is 0. The minimum atomic E-state index is -0.249. The van der Waals surface area contributed by atoms with Crippen LogP contribution in [0.4, 0.5) is 0 Å². The third-order valence-electron chi connectivity index (χ3n) is 2.90. The Morgan fingerprint density at radius 2 is 1.76 bits per heavy atom. The zero-order valence-electron chi connectivity index (χ0n) is 11.5. The number of nitrogens with two attached hydrogens (primary N) is 1. The van der Waals surface area contributed by atoms with Crippen molar-refractivity contribution in [3.63, 3.8) is 0 Å². The van der Waals surface area contributed by atoms with Crippen LogP contribution in [0.1, 0.15) is 18.5 Å². The lowest BCUT2D eigenvalue weighted by Crippen LogP contribution is -2.08. The lowest BCUT2D eigenvalue weighted by Gasteiger charge is -2.17. The lowest BCUT2D eigenvalue weighted by molar-refractivity contribution is 0.397. The van der Waals surface area contributed by atoms with E-state index in [9.17, 15) is 0 Å². The first-order chi connectivity index (χ1) is 9.93. The van der Waals surface area contributed by atoms with Crippen molar-refractivity contribution in [3.05, 3.63) is 50.4 Å². The number of ether oxygens (including phenoxy) is 2. The van der Waals surface area contributed by atoms with Crippen molar-refractivity contribution in [2.24, 2.45) is 5.73 Å². The van der Waals surface area contributed by atoms with E-state index in [0.717, 1.165) is 5.56 Å². The molecular weight excluding hydrogens is 377 g/mol. The van der Waals surface area contributed by atoms with Crippen molar-refractivity contribution in [2.45, 2.75) is 13.0 Å². The number of halogens is 3. The molecule has 2 rings (SSSR count). The van der Waals surface area contributed by atoms with E-state index in [1.165, 1.54) is 0 Å². The molecule has 0 radical (unpaired) electrons. The van der Waals surface area contributed by atoms with Crippen molar-refractivity contribution < 1.29 is 9.47 Å². The highest BCUT2D eigenvalue weighted by atomic mass is 79.9. The molecule has 0 fully saturated rings. The Bertz CT molecular complexity index is 662. The van der Waals surface area contributed by atoms with Gasteiger partial charge >= 0.3 is 0 Å². The Morgan fingerprint density at radius 1 is 1.10 bits per heavy atom. The van der Waals surface area contributed by atoms with Crippen LogP contribution in [0, 0.1) is 0 Å². The molecule has 0 spiro atoms. The van der Waals surface area contributed by atoms with Crippen LogP contribution >= 0.6 is 39.1 Å². The molecule has 0 aliphatic rings. The van der Waals surface area contributed by atoms with Gasteiger partial charge in [0.15, 0.2) is 0 Å². The molecule has 0 aromatic heterocycles. The SMILES string of the molecule is COc1cccc(Oc2cc(Cl)c(Br)cc2Cl)c1[C@@H](C)N. The van der Waals surface area contributed by atoms with E-state index in [4.69, 9.17) is 38.4 Å². The molecule has 0 aliphatic heterocycles. The summed E-state index contributed by atoms with van der Waals surface area (Å²) in [5.74, 6) is 1.71. The molecule has 112 valence electrons. The molecule has 0 bridgehead atoms. The van der Waals surface area contributed by atoms with E-state index in [1.807, 2.05) is 25.1 Å². The van der Waals surface area contributed by atoms with E-state index in [2.05, 4.69) is 15.9 Å². The number of benzene rings is 2. The van der Waals surface area contributed by atoms with Gasteiger partial charge in [-0.3, -0.25) is 0 Å². The van der Waals surface area contributed by atoms with Crippen LogP contribution in [-0.4, -0.2) is 7.11 Å². The van der Waals surface area contributed by atoms with Crippen LogP contribution in [0.2, 0.25) is 10.0 Å². The Labute approximate surface area is 142 Å². The van der Waals surface area contributed by atoms with Gasteiger partial charge in [0.25, 0.3) is 0 Å². The number of hydrogen-bond donors (Lipinski definition) is 1. The third-order valence-corrected chi connectivity index (χ3v) is 4.39. The molecule has 0 unspecified atom stereocenters. The predicted molar refractivity (Wildman–Crippen MR) is 89.8 cm³/mol. The molecule has 2 N–H and O–H groups in total. The second-order valence-electron chi connectivity index (χ2n) is 4.46. The van der Waals surface area contributed by atoms with Crippen molar-refractivity contribution in [1.82, 2.24) is 0 Å². The largest absolute Gasteiger partial charge is 0.496 e. The summed E-state index contributed by atoms with van der Waals surface area (Å²) in [5, 5.41) is 0.962. The van der Waals surface area contributed by atoms with Gasteiger partial charge in [-0.1, -0.05) is 29.3 Å². The fourth-order valence-electron chi connectivity index (χ4n) is 1.94. The van der Waals surface area contributed by atoms with Crippen LogP contribution in [0.25, 0.3) is 0 Å². The van der Waals surface area contributed by atoms with Gasteiger partial charge < -0.3 is 15.2 Å². The fourth-order valence-corrected chi connectivity index (χ4v) is 2.77. The van der Waals surface area contributed by atoms with Crippen LogP contribution in [0.15, 0.2) is 34.8 Å². The van der Waals surface area contributed by atoms with E-state index >= 15 is 0 Å². The van der Waals surface area contributed by atoms with Gasteiger partial charge in [-0.05, 0) is 41.1 Å². The molecule has 6 heteroatoms. The van der Waals surface area contributed by atoms with Crippen molar-refractivity contribution in [2.75, 3.05) is 7.11 Å². The molecule has 3 nitrogen and oxygen atoms in total. The highest BCUT2D eigenvalue weighted by molar-refractivity contribution is 9.10. The summed E-state index contributed by atoms with van der Waals surface area (Å²) in [5.41, 5.74) is 6.78. The summed E-state index contributed by atoms with van der Waals surface area (Å²) in [6, 6.07) is 8.56. The van der Waals surface area contributed by atoms with Gasteiger partial charge in [-0.2, -0.15) is 0 Å². The van der Waals surface area contributed by atoms with E-state index < -0.39 is 0 Å². The molecule has 2 aromatic carbocycles. The highest BCUT2D eigenvalue weighted by Gasteiger charge is 2.16. The van der Waals surface area contributed by atoms with E-state index in [1.54, 1.807) is 19.2 Å². The monoisotopic (exact) mass is 389 g/mol. The summed E-state index contributed by atoms with van der Waals surface area (Å²) in [7, 11) is 1.59. The molecule has 1 atom stereocenters. The number of rotatable bonds is 4. The summed E-state index contributed by atoms with van der Waals surface area (Å²) < 4.78 is 11.9. The fraction of sp³-hybridized carbons (Fsp3) is 0.200. The summed E-state index contributed by atoms with van der Waals surface area (Å²) in [4.78, 5) is 0. The molecule has 0 amide bonds. The maximum Gasteiger partial charge on any atom is 0.147 e. The van der Waals surface area contributed by atoms with Gasteiger partial charge in [-0.25, -0.2) is 0 Å². The second-order valence-corrected chi connectivity index (χ2v) is 6.13. The molecule has 21 heavy (non-hydrogen) atoms. The maximum atomic E-state index is 6.18. The number of hydrogen-bond acceptors (Lipinski definition) is 3. The third kappa shape index (κ3) is 3.64. The highest BCUT2D eigenvalue weighted by Crippen LogP contribution is 2.40. The maximum absolute atomic E-state index is 6.18. The zero-order chi connectivity index (χ0) is 15.6. The average molecular weight is 391 g/mol. The molecule has 0 saturated carbocycles. The smallest absolute Gasteiger partial charge is 0.147 e. The Morgan fingerprint density at radius 3 is 2.38 bits per heavy atom. The standard InChI is InChI=1S/C15H14BrCl2NO2/c1-8(19)15-12(20-2)4-3-5-13(15)21-14-7-10(17)9(16)6-11(14)18/h3-8H,19H2,1-2H3/t8-/m1/s1. The van der Waals surface area contributed by atoms with Crippen LogP contribution in [0.5, 0.6) is 17.2 Å². The Kier molecular flexibility index (Phi) is 5.38.